The van der Waals surface area contributed by atoms with E-state index in [9.17, 15) is 19.6 Å². The predicted molar refractivity (Wildman–Crippen MR) is 95.4 cm³/mol. The minimum Gasteiger partial charge on any atom is -0.327 e. The van der Waals surface area contributed by atoms with Crippen molar-refractivity contribution in [3.63, 3.8) is 0 Å². The van der Waals surface area contributed by atoms with Crippen LogP contribution in [0.2, 0.25) is 0 Å². The van der Waals surface area contributed by atoms with Gasteiger partial charge in [0.15, 0.2) is 5.82 Å². The molecular weight excluding hydrogens is 350 g/mol. The van der Waals surface area contributed by atoms with Crippen LogP contribution >= 0.6 is 0 Å². The summed E-state index contributed by atoms with van der Waals surface area (Å²) < 4.78 is 0. The number of hydrogen-bond donors (Lipinski definition) is 2. The van der Waals surface area contributed by atoms with Crippen LogP contribution in [0.25, 0.3) is 0 Å². The van der Waals surface area contributed by atoms with Crippen molar-refractivity contribution in [2.45, 2.75) is 38.1 Å². The highest BCUT2D eigenvalue weighted by Gasteiger charge is 2.36. The molecule has 1 saturated heterocycles. The molecule has 27 heavy (non-hydrogen) atoms. The van der Waals surface area contributed by atoms with Gasteiger partial charge in [0.05, 0.1) is 6.54 Å². The topological polar surface area (TPSA) is 116 Å². The normalized spacial score (nSPS) is 20.1. The van der Waals surface area contributed by atoms with E-state index in [0.29, 0.717) is 35.8 Å². The summed E-state index contributed by atoms with van der Waals surface area (Å²) in [5, 5.41) is 20.2. The van der Waals surface area contributed by atoms with E-state index in [1.807, 2.05) is 6.08 Å². The summed E-state index contributed by atoms with van der Waals surface area (Å²) in [7, 11) is 0. The van der Waals surface area contributed by atoms with Gasteiger partial charge in [0, 0.05) is 18.3 Å². The van der Waals surface area contributed by atoms with Gasteiger partial charge in [0.2, 0.25) is 12.3 Å². The highest BCUT2D eigenvalue weighted by Crippen LogP contribution is 2.30. The second-order valence-corrected chi connectivity index (χ2v) is 6.84. The molecule has 1 atom stereocenters. The molecule has 3 amide bonds. The molecule has 1 aromatic rings. The average Bonchev–Trinajstić information content (AvgIpc) is 3.13. The first-order chi connectivity index (χ1) is 13.1. The lowest BCUT2D eigenvalue weighted by Crippen LogP contribution is -2.45. The molecule has 1 aliphatic heterocycles. The van der Waals surface area contributed by atoms with E-state index < -0.39 is 6.04 Å². The van der Waals surface area contributed by atoms with E-state index in [1.165, 1.54) is 11.1 Å². The zero-order valence-electron chi connectivity index (χ0n) is 15.0. The van der Waals surface area contributed by atoms with Crippen molar-refractivity contribution >= 4 is 24.0 Å². The number of carbonyl (C=O) groups is 3. The van der Waals surface area contributed by atoms with Gasteiger partial charge in [0.25, 0.3) is 5.91 Å². The molecular formula is C18H23N5O4. The van der Waals surface area contributed by atoms with Crippen molar-refractivity contribution in [2.75, 3.05) is 18.4 Å². The van der Waals surface area contributed by atoms with Crippen molar-refractivity contribution in [1.82, 2.24) is 20.2 Å². The summed E-state index contributed by atoms with van der Waals surface area (Å²) in [6.07, 6.45) is 7.93. The lowest BCUT2D eigenvalue weighted by Gasteiger charge is -2.28. The number of likely N-dealkylation sites (tertiary alicyclic amines) is 1. The van der Waals surface area contributed by atoms with E-state index in [0.717, 1.165) is 19.3 Å². The van der Waals surface area contributed by atoms with Crippen molar-refractivity contribution in [1.29, 1.82) is 0 Å². The zero-order valence-corrected chi connectivity index (χ0v) is 15.0. The number of nitrogens with one attached hydrogen (secondary N) is 1. The van der Waals surface area contributed by atoms with Crippen molar-refractivity contribution < 1.29 is 19.6 Å². The smallest absolute Gasteiger partial charge is 0.252 e. The van der Waals surface area contributed by atoms with E-state index in [-0.39, 0.29) is 30.7 Å². The Morgan fingerprint density at radius 1 is 1.33 bits per heavy atom. The molecule has 2 aliphatic rings. The number of allylic oxidation sites excluding steroid dienone is 1. The summed E-state index contributed by atoms with van der Waals surface area (Å²) >= 11 is 0. The zero-order chi connectivity index (χ0) is 19.2. The first-order valence-corrected chi connectivity index (χ1v) is 9.09. The number of carbonyl (C=O) groups excluding carboxylic acids is 3. The molecule has 3 rings (SSSR count). The van der Waals surface area contributed by atoms with Crippen LogP contribution in [-0.2, 0) is 14.4 Å². The van der Waals surface area contributed by atoms with Gasteiger partial charge in [-0.3, -0.25) is 19.6 Å². The molecule has 0 aromatic carbocycles. The maximum Gasteiger partial charge on any atom is 0.252 e. The van der Waals surface area contributed by atoms with Crippen LogP contribution in [0.3, 0.4) is 0 Å². The van der Waals surface area contributed by atoms with Crippen molar-refractivity contribution in [3.8, 4) is 0 Å². The first-order valence-electron chi connectivity index (χ1n) is 9.09. The van der Waals surface area contributed by atoms with Crippen LogP contribution in [0, 0.1) is 5.92 Å². The maximum atomic E-state index is 13.0. The van der Waals surface area contributed by atoms with Crippen LogP contribution in [0.15, 0.2) is 30.0 Å². The fourth-order valence-electron chi connectivity index (χ4n) is 3.34. The Morgan fingerprint density at radius 3 is 2.78 bits per heavy atom. The first kappa shape index (κ1) is 19.0. The van der Waals surface area contributed by atoms with Gasteiger partial charge in [0.1, 0.15) is 6.04 Å². The predicted octanol–water partition coefficient (Wildman–Crippen LogP) is 0.980. The third kappa shape index (κ3) is 4.68. The summed E-state index contributed by atoms with van der Waals surface area (Å²) in [4.78, 5) is 37.9. The lowest BCUT2D eigenvalue weighted by atomic mass is 9.84. The van der Waals surface area contributed by atoms with Crippen LogP contribution in [0.5, 0.6) is 0 Å². The molecule has 1 aliphatic carbocycles. The van der Waals surface area contributed by atoms with Gasteiger partial charge < -0.3 is 10.2 Å². The van der Waals surface area contributed by atoms with Crippen LogP contribution in [-0.4, -0.2) is 62.7 Å². The third-order valence-electron chi connectivity index (χ3n) is 4.96. The van der Waals surface area contributed by atoms with Gasteiger partial charge in [-0.05, 0) is 43.7 Å². The summed E-state index contributed by atoms with van der Waals surface area (Å²) in [5.41, 5.74) is 0.341. The van der Waals surface area contributed by atoms with Gasteiger partial charge in [-0.1, -0.05) is 12.5 Å². The number of amides is 3. The van der Waals surface area contributed by atoms with Gasteiger partial charge in [-0.25, -0.2) is 5.06 Å². The maximum absolute atomic E-state index is 13.0. The number of anilines is 1. The van der Waals surface area contributed by atoms with Gasteiger partial charge in [-0.2, -0.15) is 5.10 Å². The monoisotopic (exact) mass is 373 g/mol. The summed E-state index contributed by atoms with van der Waals surface area (Å²) in [6, 6.07) is 2.67. The number of rotatable bonds is 7. The molecule has 0 spiro atoms. The summed E-state index contributed by atoms with van der Waals surface area (Å²) in [5.74, 6) is -0.0341. The summed E-state index contributed by atoms with van der Waals surface area (Å²) in [6.45, 7) is 0.264. The molecule has 144 valence electrons. The third-order valence-corrected chi connectivity index (χ3v) is 4.96. The van der Waals surface area contributed by atoms with E-state index in [4.69, 9.17) is 0 Å². The molecule has 2 N–H and O–H groups in total. The molecule has 2 heterocycles. The minimum atomic E-state index is -0.618. The fourth-order valence-corrected chi connectivity index (χ4v) is 3.34. The number of hydrogen-bond acceptors (Lipinski definition) is 6. The Balaban J connectivity index is 1.72. The highest BCUT2D eigenvalue weighted by molar-refractivity contribution is 6.01. The minimum absolute atomic E-state index is 0.187. The van der Waals surface area contributed by atoms with Crippen molar-refractivity contribution in [2.24, 2.45) is 5.92 Å². The van der Waals surface area contributed by atoms with Crippen LogP contribution in [0.4, 0.5) is 5.82 Å². The molecule has 1 aromatic heterocycles. The molecule has 9 nitrogen and oxygen atoms in total. The number of hydroxylamine groups is 2. The SMILES string of the molecule is O=CN(O)C/C(=C/C1CCC1)C(=O)N1CCC[C@H]1C(=O)Nc1cccnn1. The Kier molecular flexibility index (Phi) is 6.12. The van der Waals surface area contributed by atoms with Gasteiger partial charge >= 0.3 is 0 Å². The second kappa shape index (κ2) is 8.72. The largest absolute Gasteiger partial charge is 0.327 e. The molecule has 1 saturated carbocycles. The Hall–Kier alpha value is -2.81. The van der Waals surface area contributed by atoms with E-state index >= 15 is 0 Å². The average molecular weight is 373 g/mol. The van der Waals surface area contributed by atoms with Crippen LogP contribution < -0.4 is 5.32 Å². The fraction of sp³-hybridized carbons (Fsp3) is 0.500. The Labute approximate surface area is 157 Å². The molecule has 9 heteroatoms. The molecule has 2 fully saturated rings. The molecule has 0 bridgehead atoms. The van der Waals surface area contributed by atoms with E-state index in [1.54, 1.807) is 12.1 Å². The standard InChI is InChI=1S/C18H23N5O4/c24-12-22(27)11-14(10-13-4-1-5-13)18(26)23-9-3-6-15(23)17(25)20-16-7-2-8-19-21-16/h2,7-8,10,12-13,15,27H,1,3-6,9,11H2,(H,20,21,25)/b14-10-/t15-/m0/s1. The second-order valence-electron chi connectivity index (χ2n) is 6.84. The number of aromatic nitrogens is 2. The highest BCUT2D eigenvalue weighted by atomic mass is 16.5. The molecule has 0 unspecified atom stereocenters. The van der Waals surface area contributed by atoms with Gasteiger partial charge in [-0.15, -0.1) is 5.10 Å². The Morgan fingerprint density at radius 2 is 2.15 bits per heavy atom. The van der Waals surface area contributed by atoms with Crippen molar-refractivity contribution in [3.05, 3.63) is 30.0 Å². The quantitative estimate of drug-likeness (QED) is 0.319. The number of nitrogens with zero attached hydrogens (tertiary/aromatic N) is 4. The van der Waals surface area contributed by atoms with Crippen LogP contribution in [0.1, 0.15) is 32.1 Å². The Bertz CT molecular complexity index is 720. The lowest BCUT2D eigenvalue weighted by molar-refractivity contribution is -0.149. The molecule has 0 radical (unpaired) electrons. The van der Waals surface area contributed by atoms with E-state index in [2.05, 4.69) is 15.5 Å².